The number of nitrogens with one attached hydrogen (secondary N) is 1. The van der Waals surface area contributed by atoms with Crippen LogP contribution in [0.1, 0.15) is 37.3 Å². The second-order valence-electron chi connectivity index (χ2n) is 4.95. The lowest BCUT2D eigenvalue weighted by molar-refractivity contribution is 0.397. The zero-order chi connectivity index (χ0) is 13.9. The highest BCUT2D eigenvalue weighted by atomic mass is 32.1. The van der Waals surface area contributed by atoms with E-state index in [4.69, 9.17) is 17.0 Å². The molecule has 0 radical (unpaired) electrons. The number of ether oxygens (including phenoxy) is 1. The molecule has 0 saturated heterocycles. The van der Waals surface area contributed by atoms with Crippen molar-refractivity contribution >= 4 is 12.2 Å². The third-order valence-corrected chi connectivity index (χ3v) is 3.86. The topological polar surface area (TPSA) is 63.7 Å². The van der Waals surface area contributed by atoms with Gasteiger partial charge in [-0.05, 0) is 24.8 Å². The minimum absolute atomic E-state index is 0.516. The highest BCUT2D eigenvalue weighted by Crippen LogP contribution is 2.33. The van der Waals surface area contributed by atoms with Gasteiger partial charge in [0.15, 0.2) is 5.82 Å². The van der Waals surface area contributed by atoms with Crippen molar-refractivity contribution in [2.45, 2.75) is 31.6 Å². The van der Waals surface area contributed by atoms with Gasteiger partial charge in [0.05, 0.1) is 7.11 Å². The van der Waals surface area contributed by atoms with Gasteiger partial charge < -0.3 is 9.72 Å². The first-order valence-corrected chi connectivity index (χ1v) is 7.15. The van der Waals surface area contributed by atoms with E-state index in [1.54, 1.807) is 13.2 Å². The Hall–Kier alpha value is -1.82. The molecule has 5 nitrogen and oxygen atoms in total. The van der Waals surface area contributed by atoms with Gasteiger partial charge in [-0.1, -0.05) is 25.1 Å². The minimum atomic E-state index is 0.516. The highest BCUT2D eigenvalue weighted by molar-refractivity contribution is 7.71. The molecule has 1 saturated carbocycles. The van der Waals surface area contributed by atoms with Gasteiger partial charge in [-0.25, -0.2) is 15.0 Å². The van der Waals surface area contributed by atoms with Crippen LogP contribution in [0.15, 0.2) is 18.5 Å². The van der Waals surface area contributed by atoms with Crippen molar-refractivity contribution in [2.24, 2.45) is 0 Å². The molecular formula is C14H16N4OS. The molecule has 0 aromatic carbocycles. The van der Waals surface area contributed by atoms with Crippen LogP contribution in [-0.4, -0.2) is 27.0 Å². The number of aromatic amines is 1. The second kappa shape index (κ2) is 5.66. The van der Waals surface area contributed by atoms with Gasteiger partial charge in [-0.15, -0.1) is 0 Å². The summed E-state index contributed by atoms with van der Waals surface area (Å²) >= 11 is 5.28. The third-order valence-electron chi connectivity index (χ3n) is 3.65. The largest absolute Gasteiger partial charge is 0.481 e. The molecule has 1 fully saturated rings. The Morgan fingerprint density at radius 3 is 2.80 bits per heavy atom. The standard InChI is InChI=1S/C14H16N4OS/c1-19-12-6-11(15-8-16-12)14-17-10(7-13(20)18-14)9-4-2-3-5-9/h6-9H,2-5H2,1H3,(H,17,18,20). The predicted molar refractivity (Wildman–Crippen MR) is 78.2 cm³/mol. The van der Waals surface area contributed by atoms with Gasteiger partial charge in [-0.2, -0.15) is 0 Å². The molecule has 1 aliphatic carbocycles. The van der Waals surface area contributed by atoms with Crippen molar-refractivity contribution in [1.82, 2.24) is 19.9 Å². The first-order valence-electron chi connectivity index (χ1n) is 6.74. The fourth-order valence-electron chi connectivity index (χ4n) is 2.63. The number of methoxy groups -OCH3 is 1. The molecule has 1 aliphatic rings. The summed E-state index contributed by atoms with van der Waals surface area (Å²) in [5.41, 5.74) is 1.86. The predicted octanol–water partition coefficient (Wildman–Crippen LogP) is 3.26. The first kappa shape index (κ1) is 13.2. The average molecular weight is 288 g/mol. The molecule has 0 amide bonds. The van der Waals surface area contributed by atoms with Crippen LogP contribution in [-0.2, 0) is 0 Å². The van der Waals surface area contributed by atoms with Crippen molar-refractivity contribution in [3.05, 3.63) is 28.8 Å². The third kappa shape index (κ3) is 2.70. The smallest absolute Gasteiger partial charge is 0.216 e. The molecule has 0 aliphatic heterocycles. The van der Waals surface area contributed by atoms with Crippen LogP contribution in [0, 0.1) is 4.64 Å². The van der Waals surface area contributed by atoms with E-state index < -0.39 is 0 Å². The maximum Gasteiger partial charge on any atom is 0.216 e. The Kier molecular flexibility index (Phi) is 3.73. The van der Waals surface area contributed by atoms with Crippen LogP contribution in [0.2, 0.25) is 0 Å². The number of nitrogens with zero attached hydrogens (tertiary/aromatic N) is 3. The lowest BCUT2D eigenvalue weighted by atomic mass is 10.0. The quantitative estimate of drug-likeness (QED) is 0.878. The van der Waals surface area contributed by atoms with Crippen LogP contribution < -0.4 is 4.74 Å². The van der Waals surface area contributed by atoms with E-state index in [2.05, 4.69) is 19.9 Å². The molecule has 0 bridgehead atoms. The van der Waals surface area contributed by atoms with Crippen LogP contribution in [0.5, 0.6) is 5.88 Å². The molecule has 0 spiro atoms. The Morgan fingerprint density at radius 1 is 1.25 bits per heavy atom. The SMILES string of the molecule is COc1cc(-c2nc(=S)cc(C3CCCC3)[nH]2)ncn1. The van der Waals surface area contributed by atoms with Gasteiger partial charge >= 0.3 is 0 Å². The van der Waals surface area contributed by atoms with Crippen LogP contribution in [0.25, 0.3) is 11.5 Å². The number of hydrogen-bond acceptors (Lipinski definition) is 5. The summed E-state index contributed by atoms with van der Waals surface area (Å²) in [6.07, 6.45) is 6.45. The van der Waals surface area contributed by atoms with Crippen molar-refractivity contribution in [2.75, 3.05) is 7.11 Å². The molecular weight excluding hydrogens is 272 g/mol. The molecule has 20 heavy (non-hydrogen) atoms. The zero-order valence-corrected chi connectivity index (χ0v) is 12.1. The molecule has 0 unspecified atom stereocenters. The molecule has 6 heteroatoms. The Labute approximate surface area is 122 Å². The van der Waals surface area contributed by atoms with Crippen LogP contribution in [0.3, 0.4) is 0 Å². The van der Waals surface area contributed by atoms with Gasteiger partial charge in [0, 0.05) is 11.8 Å². The Balaban J connectivity index is 2.02. The van der Waals surface area contributed by atoms with Crippen molar-refractivity contribution in [3.63, 3.8) is 0 Å². The summed E-state index contributed by atoms with van der Waals surface area (Å²) in [7, 11) is 1.58. The number of H-pyrrole nitrogens is 1. The molecule has 2 aromatic heterocycles. The summed E-state index contributed by atoms with van der Waals surface area (Å²) in [5, 5.41) is 0. The second-order valence-corrected chi connectivity index (χ2v) is 5.37. The van der Waals surface area contributed by atoms with E-state index >= 15 is 0 Å². The molecule has 1 N–H and O–H groups in total. The number of aromatic nitrogens is 4. The zero-order valence-electron chi connectivity index (χ0n) is 11.3. The van der Waals surface area contributed by atoms with Gasteiger partial charge in [0.2, 0.25) is 5.88 Å². The van der Waals surface area contributed by atoms with E-state index in [-0.39, 0.29) is 0 Å². The highest BCUT2D eigenvalue weighted by Gasteiger charge is 2.18. The summed E-state index contributed by atoms with van der Waals surface area (Å²) < 4.78 is 5.71. The van der Waals surface area contributed by atoms with Crippen molar-refractivity contribution in [1.29, 1.82) is 0 Å². The van der Waals surface area contributed by atoms with E-state index in [9.17, 15) is 0 Å². The van der Waals surface area contributed by atoms with E-state index in [0.29, 0.717) is 28.0 Å². The van der Waals surface area contributed by atoms with Crippen LogP contribution in [0.4, 0.5) is 0 Å². The fraction of sp³-hybridized carbons (Fsp3) is 0.429. The first-order chi connectivity index (χ1) is 9.76. The molecule has 2 heterocycles. The normalized spacial score (nSPS) is 15.4. The summed E-state index contributed by atoms with van der Waals surface area (Å²) in [4.78, 5) is 16.0. The number of rotatable bonds is 3. The molecule has 0 atom stereocenters. The number of hydrogen-bond donors (Lipinski definition) is 1. The van der Waals surface area contributed by atoms with Crippen LogP contribution >= 0.6 is 12.2 Å². The molecule has 3 rings (SSSR count). The Bertz CT molecular complexity index is 664. The minimum Gasteiger partial charge on any atom is -0.481 e. The van der Waals surface area contributed by atoms with Crippen molar-refractivity contribution < 1.29 is 4.74 Å². The van der Waals surface area contributed by atoms with Gasteiger partial charge in [0.1, 0.15) is 16.7 Å². The van der Waals surface area contributed by atoms with E-state index in [0.717, 1.165) is 5.69 Å². The molecule has 2 aromatic rings. The summed E-state index contributed by atoms with van der Waals surface area (Å²) in [5.74, 6) is 1.75. The lowest BCUT2D eigenvalue weighted by Gasteiger charge is -2.11. The maximum absolute atomic E-state index is 5.28. The average Bonchev–Trinajstić information content (AvgIpc) is 3.01. The molecule has 104 valence electrons. The fourth-order valence-corrected chi connectivity index (χ4v) is 2.85. The monoisotopic (exact) mass is 288 g/mol. The van der Waals surface area contributed by atoms with Gasteiger partial charge in [-0.3, -0.25) is 0 Å². The summed E-state index contributed by atoms with van der Waals surface area (Å²) in [6.45, 7) is 0. The van der Waals surface area contributed by atoms with Gasteiger partial charge in [0.25, 0.3) is 0 Å². The Morgan fingerprint density at radius 2 is 2.05 bits per heavy atom. The van der Waals surface area contributed by atoms with E-state index in [1.165, 1.54) is 32.0 Å². The maximum atomic E-state index is 5.28. The lowest BCUT2D eigenvalue weighted by Crippen LogP contribution is -2.02. The van der Waals surface area contributed by atoms with E-state index in [1.807, 2.05) is 6.07 Å². The summed E-state index contributed by atoms with van der Waals surface area (Å²) in [6, 6.07) is 3.72. The van der Waals surface area contributed by atoms with Crippen molar-refractivity contribution in [3.8, 4) is 17.4 Å².